The normalized spacial score (nSPS) is 12.1. The largest absolute Gasteiger partial charge is 0.326 e. The third kappa shape index (κ3) is 2.75. The minimum Gasteiger partial charge on any atom is -0.326 e. The average Bonchev–Trinajstić information content (AvgIpc) is 2.92. The van der Waals surface area contributed by atoms with Gasteiger partial charge in [0.1, 0.15) is 6.04 Å². The maximum atomic E-state index is 12.0. The van der Waals surface area contributed by atoms with Crippen LogP contribution in [0.5, 0.6) is 0 Å². The third-order valence-corrected chi connectivity index (χ3v) is 2.76. The van der Waals surface area contributed by atoms with Crippen molar-refractivity contribution >= 4 is 11.6 Å². The fourth-order valence-corrected chi connectivity index (χ4v) is 1.60. The highest BCUT2D eigenvalue weighted by Crippen LogP contribution is 2.12. The van der Waals surface area contributed by atoms with Gasteiger partial charge in [0.25, 0.3) is 0 Å². The maximum Gasteiger partial charge on any atom is 0.248 e. The van der Waals surface area contributed by atoms with Crippen LogP contribution in [0, 0.1) is 0 Å². The Morgan fingerprint density at radius 3 is 2.72 bits per heavy atom. The molecule has 3 N–H and O–H groups in total. The molecule has 94 valence electrons. The van der Waals surface area contributed by atoms with Crippen molar-refractivity contribution in [2.75, 3.05) is 5.32 Å². The van der Waals surface area contributed by atoms with E-state index in [2.05, 4.69) is 10.4 Å². The van der Waals surface area contributed by atoms with Crippen molar-refractivity contribution in [2.45, 2.75) is 19.5 Å². The van der Waals surface area contributed by atoms with E-state index in [-0.39, 0.29) is 11.9 Å². The molecule has 1 heterocycles. The molecule has 0 saturated carbocycles. The minimum atomic E-state index is -0.339. The van der Waals surface area contributed by atoms with E-state index < -0.39 is 0 Å². The van der Waals surface area contributed by atoms with Crippen molar-refractivity contribution < 1.29 is 4.79 Å². The predicted molar refractivity (Wildman–Crippen MR) is 69.9 cm³/mol. The Kier molecular flexibility index (Phi) is 3.74. The number of nitrogens with one attached hydrogen (secondary N) is 1. The minimum absolute atomic E-state index is 0.0980. The zero-order valence-electron chi connectivity index (χ0n) is 10.2. The number of amides is 1. The highest BCUT2D eigenvalue weighted by molar-refractivity contribution is 5.93. The smallest absolute Gasteiger partial charge is 0.248 e. The van der Waals surface area contributed by atoms with Crippen LogP contribution in [0.1, 0.15) is 18.5 Å². The molecule has 5 nitrogen and oxygen atoms in total. The van der Waals surface area contributed by atoms with Crippen molar-refractivity contribution in [1.29, 1.82) is 0 Å². The second kappa shape index (κ2) is 5.46. The van der Waals surface area contributed by atoms with E-state index in [1.54, 1.807) is 30.1 Å². The monoisotopic (exact) mass is 244 g/mol. The number of aromatic nitrogens is 2. The highest BCUT2D eigenvalue weighted by Gasteiger charge is 2.14. The number of benzene rings is 1. The lowest BCUT2D eigenvalue weighted by molar-refractivity contribution is -0.119. The second-order valence-electron chi connectivity index (χ2n) is 4.05. The number of nitrogens with zero attached hydrogens (tertiary/aromatic N) is 2. The number of nitrogens with two attached hydrogens (primary N) is 1. The Bertz CT molecular complexity index is 504. The first kappa shape index (κ1) is 12.3. The van der Waals surface area contributed by atoms with Crippen LogP contribution in [0.3, 0.4) is 0 Å². The van der Waals surface area contributed by atoms with Gasteiger partial charge in [0, 0.05) is 24.6 Å². The fraction of sp³-hybridized carbons (Fsp3) is 0.231. The molecule has 0 aliphatic heterocycles. The second-order valence-corrected chi connectivity index (χ2v) is 4.05. The summed E-state index contributed by atoms with van der Waals surface area (Å²) >= 11 is 0. The van der Waals surface area contributed by atoms with E-state index in [0.29, 0.717) is 6.54 Å². The molecule has 2 rings (SSSR count). The summed E-state index contributed by atoms with van der Waals surface area (Å²) in [7, 11) is 0. The molecule has 5 heteroatoms. The van der Waals surface area contributed by atoms with Crippen LogP contribution in [0.15, 0.2) is 42.7 Å². The van der Waals surface area contributed by atoms with Gasteiger partial charge in [-0.05, 0) is 30.7 Å². The number of rotatable bonds is 4. The van der Waals surface area contributed by atoms with Gasteiger partial charge in [-0.25, -0.2) is 0 Å². The van der Waals surface area contributed by atoms with Gasteiger partial charge in [-0.1, -0.05) is 12.1 Å². The molecule has 0 saturated heterocycles. The Hall–Kier alpha value is -2.14. The molecule has 0 fully saturated rings. The summed E-state index contributed by atoms with van der Waals surface area (Å²) in [5, 5.41) is 6.89. The Morgan fingerprint density at radius 2 is 2.17 bits per heavy atom. The van der Waals surface area contributed by atoms with Crippen LogP contribution < -0.4 is 11.1 Å². The maximum absolute atomic E-state index is 12.0. The van der Waals surface area contributed by atoms with Crippen molar-refractivity contribution in [2.24, 2.45) is 5.73 Å². The van der Waals surface area contributed by atoms with E-state index in [1.807, 2.05) is 24.3 Å². The van der Waals surface area contributed by atoms with Crippen LogP contribution in [-0.2, 0) is 11.3 Å². The first-order valence-corrected chi connectivity index (χ1v) is 5.79. The van der Waals surface area contributed by atoms with Crippen LogP contribution in [0.2, 0.25) is 0 Å². The lowest BCUT2D eigenvalue weighted by Gasteiger charge is -2.12. The summed E-state index contributed by atoms with van der Waals surface area (Å²) in [4.78, 5) is 12.0. The SMILES string of the molecule is CC(C(=O)Nc1ccc(CN)cc1)n1cccn1. The molecule has 0 bridgehead atoms. The molecule has 18 heavy (non-hydrogen) atoms. The molecular formula is C13H16N4O. The van der Waals surface area contributed by atoms with Gasteiger partial charge in [0.05, 0.1) is 0 Å². The van der Waals surface area contributed by atoms with Gasteiger partial charge in [0.15, 0.2) is 0 Å². The summed E-state index contributed by atoms with van der Waals surface area (Å²) in [6.07, 6.45) is 3.42. The first-order valence-electron chi connectivity index (χ1n) is 5.79. The number of carbonyl (C=O) groups is 1. The Labute approximate surface area is 106 Å². The van der Waals surface area contributed by atoms with E-state index >= 15 is 0 Å². The summed E-state index contributed by atoms with van der Waals surface area (Å²) in [6.45, 7) is 2.30. The van der Waals surface area contributed by atoms with Crippen molar-refractivity contribution in [1.82, 2.24) is 9.78 Å². The molecule has 1 unspecified atom stereocenters. The highest BCUT2D eigenvalue weighted by atomic mass is 16.2. The predicted octanol–water partition coefficient (Wildman–Crippen LogP) is 1.54. The molecule has 1 amide bonds. The molecule has 0 aliphatic rings. The van der Waals surface area contributed by atoms with E-state index in [0.717, 1.165) is 11.3 Å². The number of hydrogen-bond donors (Lipinski definition) is 2. The Balaban J connectivity index is 2.02. The van der Waals surface area contributed by atoms with E-state index in [1.165, 1.54) is 0 Å². The molecule has 1 aromatic heterocycles. The van der Waals surface area contributed by atoms with Gasteiger partial charge in [-0.3, -0.25) is 9.48 Å². The zero-order valence-corrected chi connectivity index (χ0v) is 10.2. The first-order chi connectivity index (χ1) is 8.70. The van der Waals surface area contributed by atoms with Gasteiger partial charge in [-0.15, -0.1) is 0 Å². The molecule has 2 aromatic rings. The van der Waals surface area contributed by atoms with Crippen LogP contribution in [0.4, 0.5) is 5.69 Å². The zero-order chi connectivity index (χ0) is 13.0. The number of hydrogen-bond acceptors (Lipinski definition) is 3. The summed E-state index contributed by atoms with van der Waals surface area (Å²) in [6, 6.07) is 8.93. The summed E-state index contributed by atoms with van der Waals surface area (Å²) in [5.74, 6) is -0.0980. The molecule has 1 atom stereocenters. The van der Waals surface area contributed by atoms with Crippen molar-refractivity contribution in [3.63, 3.8) is 0 Å². The van der Waals surface area contributed by atoms with Gasteiger partial charge in [-0.2, -0.15) is 5.10 Å². The quantitative estimate of drug-likeness (QED) is 0.856. The summed E-state index contributed by atoms with van der Waals surface area (Å²) < 4.78 is 1.61. The van der Waals surface area contributed by atoms with Gasteiger partial charge < -0.3 is 11.1 Å². The lowest BCUT2D eigenvalue weighted by Crippen LogP contribution is -2.23. The summed E-state index contributed by atoms with van der Waals surface area (Å²) in [5.41, 5.74) is 7.31. The van der Waals surface area contributed by atoms with Gasteiger partial charge >= 0.3 is 0 Å². The Morgan fingerprint density at radius 1 is 1.44 bits per heavy atom. The van der Waals surface area contributed by atoms with Gasteiger partial charge in [0.2, 0.25) is 5.91 Å². The molecular weight excluding hydrogens is 228 g/mol. The average molecular weight is 244 g/mol. The molecule has 1 aromatic carbocycles. The number of carbonyl (C=O) groups excluding carboxylic acids is 1. The molecule has 0 radical (unpaired) electrons. The number of anilines is 1. The fourth-order valence-electron chi connectivity index (χ4n) is 1.60. The van der Waals surface area contributed by atoms with E-state index in [9.17, 15) is 4.79 Å². The van der Waals surface area contributed by atoms with Crippen molar-refractivity contribution in [3.8, 4) is 0 Å². The standard InChI is InChI=1S/C13H16N4O/c1-10(17-8-2-7-15-17)13(18)16-12-5-3-11(9-14)4-6-12/h2-8,10H,9,14H2,1H3,(H,16,18). The topological polar surface area (TPSA) is 72.9 Å². The van der Waals surface area contributed by atoms with Crippen LogP contribution in [-0.4, -0.2) is 15.7 Å². The molecule has 0 aliphatic carbocycles. The van der Waals surface area contributed by atoms with Crippen LogP contribution >= 0.6 is 0 Å². The molecule has 0 spiro atoms. The third-order valence-electron chi connectivity index (χ3n) is 2.76. The van der Waals surface area contributed by atoms with Crippen molar-refractivity contribution in [3.05, 3.63) is 48.3 Å². The lowest BCUT2D eigenvalue weighted by atomic mass is 10.2. The van der Waals surface area contributed by atoms with E-state index in [4.69, 9.17) is 5.73 Å². The van der Waals surface area contributed by atoms with Crippen LogP contribution in [0.25, 0.3) is 0 Å².